The van der Waals surface area contributed by atoms with Crippen LogP contribution in [-0.2, 0) is 0 Å². The number of amides is 1. The van der Waals surface area contributed by atoms with Crippen LogP contribution in [0.25, 0.3) is 11.5 Å². The first kappa shape index (κ1) is 12.9. The number of rotatable bonds is 3. The molecule has 0 aliphatic carbocycles. The molecule has 0 bridgehead atoms. The molecule has 22 heavy (non-hydrogen) atoms. The highest BCUT2D eigenvalue weighted by Crippen LogP contribution is 2.33. The summed E-state index contributed by atoms with van der Waals surface area (Å²) in [6, 6.07) is 8.82. The van der Waals surface area contributed by atoms with Crippen molar-refractivity contribution in [3.63, 3.8) is 0 Å². The Hall–Kier alpha value is -2.76. The van der Waals surface area contributed by atoms with E-state index in [1.807, 2.05) is 12.1 Å². The Morgan fingerprint density at radius 3 is 2.82 bits per heavy atom. The summed E-state index contributed by atoms with van der Waals surface area (Å²) in [6.07, 6.45) is 5.01. The van der Waals surface area contributed by atoms with E-state index in [1.54, 1.807) is 35.6 Å². The number of carbonyl (C=O) groups excluding carboxylic acids is 1. The van der Waals surface area contributed by atoms with Crippen molar-refractivity contribution in [2.75, 3.05) is 6.54 Å². The van der Waals surface area contributed by atoms with Gasteiger partial charge in [0, 0.05) is 12.6 Å². The second kappa shape index (κ2) is 5.22. The molecule has 1 amide bonds. The first-order valence-corrected chi connectivity index (χ1v) is 7.18. The van der Waals surface area contributed by atoms with Crippen molar-refractivity contribution in [2.24, 2.45) is 0 Å². The van der Waals surface area contributed by atoms with Gasteiger partial charge in [-0.1, -0.05) is 5.16 Å². The molecular weight excluding hydrogens is 284 g/mol. The van der Waals surface area contributed by atoms with Crippen LogP contribution in [0.3, 0.4) is 0 Å². The zero-order valence-corrected chi connectivity index (χ0v) is 11.8. The molecule has 0 saturated carbocycles. The Morgan fingerprint density at radius 2 is 2.05 bits per heavy atom. The number of likely N-dealkylation sites (tertiary alicyclic amines) is 1. The Morgan fingerprint density at radius 1 is 1.18 bits per heavy atom. The van der Waals surface area contributed by atoms with Gasteiger partial charge in [-0.2, -0.15) is 0 Å². The van der Waals surface area contributed by atoms with E-state index in [-0.39, 0.29) is 17.6 Å². The van der Waals surface area contributed by atoms with Crippen molar-refractivity contribution in [2.45, 2.75) is 18.9 Å². The predicted octanol–water partition coefficient (Wildman–Crippen LogP) is 3.50. The predicted molar refractivity (Wildman–Crippen MR) is 75.9 cm³/mol. The first-order valence-electron chi connectivity index (χ1n) is 7.18. The Bertz CT molecular complexity index is 758. The van der Waals surface area contributed by atoms with Crippen molar-refractivity contribution in [3.8, 4) is 11.5 Å². The molecule has 3 aromatic rings. The van der Waals surface area contributed by atoms with E-state index in [9.17, 15) is 4.79 Å². The standard InChI is InChI=1S/C16H14N2O4/c19-16(11-10-15(22-17-11)14-6-3-9-21-14)18-7-1-4-12(18)13-5-2-8-20-13/h2-3,5-6,8-10,12H,1,4,7H2/t12-/m0/s1. The largest absolute Gasteiger partial charge is 0.467 e. The number of furan rings is 2. The van der Waals surface area contributed by atoms with E-state index < -0.39 is 0 Å². The van der Waals surface area contributed by atoms with Gasteiger partial charge in [-0.05, 0) is 37.1 Å². The van der Waals surface area contributed by atoms with Crippen LogP contribution in [0.1, 0.15) is 35.1 Å². The van der Waals surface area contributed by atoms with Crippen LogP contribution in [0.4, 0.5) is 0 Å². The molecular formula is C16H14N2O4. The molecule has 0 aromatic carbocycles. The number of hydrogen-bond donors (Lipinski definition) is 0. The second-order valence-corrected chi connectivity index (χ2v) is 5.23. The van der Waals surface area contributed by atoms with Crippen LogP contribution in [-0.4, -0.2) is 22.5 Å². The summed E-state index contributed by atoms with van der Waals surface area (Å²) < 4.78 is 15.9. The van der Waals surface area contributed by atoms with Gasteiger partial charge in [0.15, 0.2) is 11.5 Å². The van der Waals surface area contributed by atoms with Gasteiger partial charge in [0.05, 0.1) is 18.6 Å². The van der Waals surface area contributed by atoms with E-state index >= 15 is 0 Å². The van der Waals surface area contributed by atoms with Crippen molar-refractivity contribution >= 4 is 5.91 Å². The highest BCUT2D eigenvalue weighted by molar-refractivity contribution is 5.93. The third-order valence-electron chi connectivity index (χ3n) is 3.88. The van der Waals surface area contributed by atoms with Crippen LogP contribution >= 0.6 is 0 Å². The minimum Gasteiger partial charge on any atom is -0.467 e. The summed E-state index contributed by atoms with van der Waals surface area (Å²) in [5, 5.41) is 3.88. The van der Waals surface area contributed by atoms with Crippen LogP contribution in [0.2, 0.25) is 0 Å². The van der Waals surface area contributed by atoms with Crippen LogP contribution in [0.5, 0.6) is 0 Å². The van der Waals surface area contributed by atoms with E-state index in [4.69, 9.17) is 13.4 Å². The molecule has 1 fully saturated rings. The third-order valence-corrected chi connectivity index (χ3v) is 3.88. The number of carbonyl (C=O) groups is 1. The quantitative estimate of drug-likeness (QED) is 0.740. The van der Waals surface area contributed by atoms with Crippen molar-refractivity contribution in [1.82, 2.24) is 10.1 Å². The van der Waals surface area contributed by atoms with E-state index in [2.05, 4.69) is 5.16 Å². The molecule has 4 rings (SSSR count). The molecule has 0 spiro atoms. The molecule has 1 aliphatic rings. The summed E-state index contributed by atoms with van der Waals surface area (Å²) >= 11 is 0. The molecule has 4 heterocycles. The topological polar surface area (TPSA) is 72.6 Å². The summed E-state index contributed by atoms with van der Waals surface area (Å²) in [6.45, 7) is 0.688. The maximum absolute atomic E-state index is 12.7. The zero-order valence-electron chi connectivity index (χ0n) is 11.8. The Labute approximate surface area is 126 Å². The molecule has 0 unspecified atom stereocenters. The molecule has 1 atom stereocenters. The van der Waals surface area contributed by atoms with Gasteiger partial charge in [0.2, 0.25) is 5.76 Å². The summed E-state index contributed by atoms with van der Waals surface area (Å²) in [5.41, 5.74) is 0.282. The lowest BCUT2D eigenvalue weighted by atomic mass is 10.1. The highest BCUT2D eigenvalue weighted by Gasteiger charge is 2.33. The van der Waals surface area contributed by atoms with Gasteiger partial charge in [0.25, 0.3) is 5.91 Å². The summed E-state index contributed by atoms with van der Waals surface area (Å²) in [4.78, 5) is 14.4. The number of aromatic nitrogens is 1. The fourth-order valence-electron chi connectivity index (χ4n) is 2.84. The fourth-order valence-corrected chi connectivity index (χ4v) is 2.84. The lowest BCUT2D eigenvalue weighted by Gasteiger charge is -2.21. The van der Waals surface area contributed by atoms with Gasteiger partial charge in [-0.25, -0.2) is 0 Å². The SMILES string of the molecule is O=C(c1cc(-c2ccco2)on1)N1CCC[C@H]1c1ccco1. The number of hydrogen-bond acceptors (Lipinski definition) is 5. The minimum absolute atomic E-state index is 0.0359. The van der Waals surface area contributed by atoms with Crippen molar-refractivity contribution < 1.29 is 18.2 Å². The summed E-state index contributed by atoms with van der Waals surface area (Å²) in [7, 11) is 0. The summed E-state index contributed by atoms with van der Waals surface area (Å²) in [5.74, 6) is 1.65. The van der Waals surface area contributed by atoms with Crippen molar-refractivity contribution in [3.05, 3.63) is 54.3 Å². The van der Waals surface area contributed by atoms with E-state index in [1.165, 1.54) is 0 Å². The smallest absolute Gasteiger partial charge is 0.276 e. The van der Waals surface area contributed by atoms with Gasteiger partial charge in [-0.3, -0.25) is 4.79 Å². The lowest BCUT2D eigenvalue weighted by molar-refractivity contribution is 0.0709. The van der Waals surface area contributed by atoms with E-state index in [0.29, 0.717) is 18.1 Å². The Balaban J connectivity index is 1.59. The molecule has 112 valence electrons. The first-order chi connectivity index (χ1) is 10.8. The average Bonchev–Trinajstić information content (AvgIpc) is 3.35. The van der Waals surface area contributed by atoms with E-state index in [0.717, 1.165) is 18.6 Å². The average molecular weight is 298 g/mol. The van der Waals surface area contributed by atoms with Gasteiger partial charge < -0.3 is 18.3 Å². The molecule has 1 aliphatic heterocycles. The van der Waals surface area contributed by atoms with Crippen LogP contribution < -0.4 is 0 Å². The third kappa shape index (κ3) is 2.13. The fraction of sp³-hybridized carbons (Fsp3) is 0.250. The second-order valence-electron chi connectivity index (χ2n) is 5.23. The van der Waals surface area contributed by atoms with Crippen LogP contribution in [0, 0.1) is 0 Å². The highest BCUT2D eigenvalue weighted by atomic mass is 16.5. The molecule has 1 saturated heterocycles. The zero-order chi connectivity index (χ0) is 14.9. The molecule has 3 aromatic heterocycles. The monoisotopic (exact) mass is 298 g/mol. The van der Waals surface area contributed by atoms with Gasteiger partial charge >= 0.3 is 0 Å². The normalized spacial score (nSPS) is 18.0. The number of nitrogens with zero attached hydrogens (tertiary/aromatic N) is 2. The van der Waals surface area contributed by atoms with Crippen LogP contribution in [0.15, 0.2) is 56.2 Å². The lowest BCUT2D eigenvalue weighted by Crippen LogP contribution is -2.30. The van der Waals surface area contributed by atoms with Crippen molar-refractivity contribution in [1.29, 1.82) is 0 Å². The molecule has 6 nitrogen and oxygen atoms in total. The maximum atomic E-state index is 12.7. The minimum atomic E-state index is -0.152. The Kier molecular flexibility index (Phi) is 3.07. The van der Waals surface area contributed by atoms with Gasteiger partial charge in [0.1, 0.15) is 5.76 Å². The molecule has 6 heteroatoms. The maximum Gasteiger partial charge on any atom is 0.276 e. The molecule has 0 radical (unpaired) electrons. The van der Waals surface area contributed by atoms with Gasteiger partial charge in [-0.15, -0.1) is 0 Å². The molecule has 0 N–H and O–H groups in total.